The van der Waals surface area contributed by atoms with Crippen molar-refractivity contribution in [3.8, 4) is 0 Å². The topological polar surface area (TPSA) is 44.8 Å². The van der Waals surface area contributed by atoms with Gasteiger partial charge in [0.15, 0.2) is 0 Å². The molecule has 1 heterocycles. The molecule has 1 saturated heterocycles. The quantitative estimate of drug-likeness (QED) is 0.567. The minimum absolute atomic E-state index is 0.0121. The lowest BCUT2D eigenvalue weighted by Crippen LogP contribution is -2.39. The molecule has 0 N–H and O–H groups in total. The SMILES string of the molecule is CC(=O)OCC1OCCOC1C. The molecule has 0 aromatic carbocycles. The van der Waals surface area contributed by atoms with E-state index in [0.717, 1.165) is 0 Å². The van der Waals surface area contributed by atoms with Crippen LogP contribution in [0.5, 0.6) is 0 Å². The molecular formula is C8H14O4. The fraction of sp³-hybridized carbons (Fsp3) is 0.875. The van der Waals surface area contributed by atoms with Gasteiger partial charge in [0.1, 0.15) is 12.7 Å². The Morgan fingerprint density at radius 2 is 2.17 bits per heavy atom. The van der Waals surface area contributed by atoms with E-state index >= 15 is 0 Å². The van der Waals surface area contributed by atoms with Crippen LogP contribution < -0.4 is 0 Å². The second-order valence-corrected chi connectivity index (χ2v) is 2.79. The molecule has 0 aliphatic carbocycles. The molecule has 0 radical (unpaired) electrons. The number of hydrogen-bond donors (Lipinski definition) is 0. The van der Waals surface area contributed by atoms with Gasteiger partial charge in [-0.25, -0.2) is 0 Å². The highest BCUT2D eigenvalue weighted by Crippen LogP contribution is 2.09. The summed E-state index contributed by atoms with van der Waals surface area (Å²) in [6.07, 6.45) is -0.0965. The van der Waals surface area contributed by atoms with E-state index in [4.69, 9.17) is 14.2 Å². The maximum atomic E-state index is 10.5. The smallest absolute Gasteiger partial charge is 0.302 e. The van der Waals surface area contributed by atoms with E-state index in [2.05, 4.69) is 0 Å². The fourth-order valence-electron chi connectivity index (χ4n) is 1.06. The molecule has 1 aliphatic rings. The van der Waals surface area contributed by atoms with Gasteiger partial charge >= 0.3 is 5.97 Å². The normalized spacial score (nSPS) is 29.8. The summed E-state index contributed by atoms with van der Waals surface area (Å²) in [7, 11) is 0. The van der Waals surface area contributed by atoms with E-state index in [9.17, 15) is 4.79 Å². The Kier molecular flexibility index (Phi) is 3.49. The van der Waals surface area contributed by atoms with Crippen molar-refractivity contribution in [2.45, 2.75) is 26.1 Å². The third kappa shape index (κ3) is 2.79. The highest BCUT2D eigenvalue weighted by molar-refractivity contribution is 5.65. The fourth-order valence-corrected chi connectivity index (χ4v) is 1.06. The molecule has 70 valence electrons. The van der Waals surface area contributed by atoms with Crippen molar-refractivity contribution < 1.29 is 19.0 Å². The molecule has 0 saturated carbocycles. The zero-order valence-electron chi connectivity index (χ0n) is 7.41. The predicted octanol–water partition coefficient (Wildman–Crippen LogP) is 0.353. The highest BCUT2D eigenvalue weighted by atomic mass is 16.6. The Morgan fingerprint density at radius 1 is 1.50 bits per heavy atom. The molecule has 0 aromatic heterocycles. The van der Waals surface area contributed by atoms with E-state index in [-0.39, 0.29) is 24.8 Å². The Balaban J connectivity index is 2.24. The van der Waals surface area contributed by atoms with E-state index in [0.29, 0.717) is 13.2 Å². The van der Waals surface area contributed by atoms with Gasteiger partial charge < -0.3 is 14.2 Å². The van der Waals surface area contributed by atoms with Crippen molar-refractivity contribution >= 4 is 5.97 Å². The zero-order valence-corrected chi connectivity index (χ0v) is 7.41. The van der Waals surface area contributed by atoms with Gasteiger partial charge in [0, 0.05) is 6.92 Å². The minimum atomic E-state index is -0.281. The Morgan fingerprint density at radius 3 is 2.75 bits per heavy atom. The van der Waals surface area contributed by atoms with Crippen LogP contribution in [-0.4, -0.2) is 38.0 Å². The van der Waals surface area contributed by atoms with Gasteiger partial charge in [0.25, 0.3) is 0 Å². The first-order chi connectivity index (χ1) is 5.70. The third-order valence-corrected chi connectivity index (χ3v) is 1.77. The average Bonchev–Trinajstić information content (AvgIpc) is 2.03. The van der Waals surface area contributed by atoms with Crippen LogP contribution in [0.2, 0.25) is 0 Å². The molecule has 12 heavy (non-hydrogen) atoms. The Hall–Kier alpha value is -0.610. The van der Waals surface area contributed by atoms with Gasteiger partial charge in [0.2, 0.25) is 0 Å². The molecule has 0 amide bonds. The highest BCUT2D eigenvalue weighted by Gasteiger charge is 2.23. The van der Waals surface area contributed by atoms with E-state index < -0.39 is 0 Å². The van der Waals surface area contributed by atoms with Crippen molar-refractivity contribution in [3.05, 3.63) is 0 Å². The number of rotatable bonds is 2. The van der Waals surface area contributed by atoms with Crippen molar-refractivity contribution in [3.63, 3.8) is 0 Å². The first kappa shape index (κ1) is 9.48. The summed E-state index contributed by atoms with van der Waals surface area (Å²) in [6, 6.07) is 0. The zero-order chi connectivity index (χ0) is 8.97. The summed E-state index contributed by atoms with van der Waals surface area (Å²) in [5, 5.41) is 0. The lowest BCUT2D eigenvalue weighted by Gasteiger charge is -2.28. The number of ether oxygens (including phenoxy) is 3. The summed E-state index contributed by atoms with van der Waals surface area (Å²) in [5.41, 5.74) is 0. The van der Waals surface area contributed by atoms with Crippen LogP contribution in [0.15, 0.2) is 0 Å². The molecular weight excluding hydrogens is 160 g/mol. The number of hydrogen-bond acceptors (Lipinski definition) is 4. The van der Waals surface area contributed by atoms with E-state index in [1.807, 2.05) is 6.92 Å². The van der Waals surface area contributed by atoms with Gasteiger partial charge in [-0.3, -0.25) is 4.79 Å². The number of carbonyl (C=O) groups is 1. The van der Waals surface area contributed by atoms with Crippen LogP contribution in [-0.2, 0) is 19.0 Å². The van der Waals surface area contributed by atoms with Crippen molar-refractivity contribution in [1.29, 1.82) is 0 Å². The van der Waals surface area contributed by atoms with Crippen LogP contribution in [0.1, 0.15) is 13.8 Å². The number of carbonyl (C=O) groups excluding carboxylic acids is 1. The minimum Gasteiger partial charge on any atom is -0.463 e. The summed E-state index contributed by atoms with van der Waals surface area (Å²) in [5.74, 6) is -0.281. The third-order valence-electron chi connectivity index (χ3n) is 1.77. The van der Waals surface area contributed by atoms with Gasteiger partial charge in [-0.2, -0.15) is 0 Å². The molecule has 0 bridgehead atoms. The van der Waals surface area contributed by atoms with E-state index in [1.54, 1.807) is 0 Å². The van der Waals surface area contributed by atoms with Gasteiger partial charge in [0.05, 0.1) is 19.3 Å². The Labute approximate surface area is 71.8 Å². The maximum absolute atomic E-state index is 10.5. The summed E-state index contributed by atoms with van der Waals surface area (Å²) in [4.78, 5) is 10.5. The van der Waals surface area contributed by atoms with Crippen LogP contribution in [0.4, 0.5) is 0 Å². The largest absolute Gasteiger partial charge is 0.463 e. The number of esters is 1. The maximum Gasteiger partial charge on any atom is 0.302 e. The summed E-state index contributed by atoms with van der Waals surface area (Å²) < 4.78 is 15.5. The first-order valence-corrected chi connectivity index (χ1v) is 4.06. The molecule has 1 aliphatic heterocycles. The molecule has 0 spiro atoms. The molecule has 1 fully saturated rings. The lowest BCUT2D eigenvalue weighted by atomic mass is 10.2. The summed E-state index contributed by atoms with van der Waals surface area (Å²) in [6.45, 7) is 4.78. The lowest BCUT2D eigenvalue weighted by molar-refractivity contribution is -0.166. The van der Waals surface area contributed by atoms with Crippen molar-refractivity contribution in [2.75, 3.05) is 19.8 Å². The molecule has 4 nitrogen and oxygen atoms in total. The predicted molar refractivity (Wildman–Crippen MR) is 41.8 cm³/mol. The average molecular weight is 174 g/mol. The molecule has 2 atom stereocenters. The monoisotopic (exact) mass is 174 g/mol. The Bertz CT molecular complexity index is 157. The first-order valence-electron chi connectivity index (χ1n) is 4.06. The van der Waals surface area contributed by atoms with Gasteiger partial charge in [-0.15, -0.1) is 0 Å². The van der Waals surface area contributed by atoms with Crippen molar-refractivity contribution in [1.82, 2.24) is 0 Å². The standard InChI is InChI=1S/C8H14O4/c1-6-8(5-12-7(2)9)11-4-3-10-6/h6,8H,3-5H2,1-2H3. The summed E-state index contributed by atoms with van der Waals surface area (Å²) >= 11 is 0. The molecule has 1 rings (SSSR count). The molecule has 4 heteroatoms. The van der Waals surface area contributed by atoms with Gasteiger partial charge in [-0.05, 0) is 6.92 Å². The van der Waals surface area contributed by atoms with Crippen molar-refractivity contribution in [2.24, 2.45) is 0 Å². The molecule has 0 aromatic rings. The molecule has 2 unspecified atom stereocenters. The van der Waals surface area contributed by atoms with Crippen LogP contribution in [0.3, 0.4) is 0 Å². The van der Waals surface area contributed by atoms with Gasteiger partial charge in [-0.1, -0.05) is 0 Å². The second kappa shape index (κ2) is 4.42. The van der Waals surface area contributed by atoms with E-state index in [1.165, 1.54) is 6.92 Å². The second-order valence-electron chi connectivity index (χ2n) is 2.79. The van der Waals surface area contributed by atoms with Crippen LogP contribution >= 0.6 is 0 Å². The van der Waals surface area contributed by atoms with Crippen LogP contribution in [0.25, 0.3) is 0 Å². The van der Waals surface area contributed by atoms with Crippen LogP contribution in [0, 0.1) is 0 Å².